The first-order valence-electron chi connectivity index (χ1n) is 5.91. The lowest BCUT2D eigenvalue weighted by atomic mass is 10.1. The van der Waals surface area contributed by atoms with E-state index in [1.54, 1.807) is 12.1 Å². The van der Waals surface area contributed by atoms with Crippen molar-refractivity contribution in [1.82, 2.24) is 0 Å². The molecule has 16 heavy (non-hydrogen) atoms. The summed E-state index contributed by atoms with van der Waals surface area (Å²) < 4.78 is 18.9. The molecule has 0 aliphatic heterocycles. The molecule has 2 N–H and O–H groups in total. The average molecular weight is 223 g/mol. The van der Waals surface area contributed by atoms with Crippen molar-refractivity contribution in [3.63, 3.8) is 0 Å². The summed E-state index contributed by atoms with van der Waals surface area (Å²) in [6, 6.07) is 5.08. The second-order valence-electron chi connectivity index (χ2n) is 4.41. The highest BCUT2D eigenvalue weighted by Gasteiger charge is 2.22. The zero-order valence-electron chi connectivity index (χ0n) is 9.42. The van der Waals surface area contributed by atoms with Crippen LogP contribution in [0.2, 0.25) is 0 Å². The Morgan fingerprint density at radius 1 is 1.38 bits per heavy atom. The normalized spacial score (nSPS) is 15.1. The van der Waals surface area contributed by atoms with Crippen molar-refractivity contribution in [2.75, 3.05) is 13.2 Å². The number of benzene rings is 1. The Balaban J connectivity index is 1.96. The quantitative estimate of drug-likeness (QED) is 0.804. The highest BCUT2D eigenvalue weighted by atomic mass is 19.1. The second kappa shape index (κ2) is 5.30. The van der Waals surface area contributed by atoms with Crippen molar-refractivity contribution in [1.29, 1.82) is 0 Å². The van der Waals surface area contributed by atoms with Crippen molar-refractivity contribution >= 4 is 0 Å². The summed E-state index contributed by atoms with van der Waals surface area (Å²) in [5.74, 6) is 0.769. The van der Waals surface area contributed by atoms with Gasteiger partial charge in [-0.15, -0.1) is 0 Å². The van der Waals surface area contributed by atoms with E-state index in [9.17, 15) is 4.39 Å². The fourth-order valence-corrected chi connectivity index (χ4v) is 1.61. The average Bonchev–Trinajstić information content (AvgIpc) is 3.10. The van der Waals surface area contributed by atoms with Gasteiger partial charge in [0, 0.05) is 0 Å². The smallest absolute Gasteiger partial charge is 0.165 e. The van der Waals surface area contributed by atoms with Crippen LogP contribution in [-0.2, 0) is 6.42 Å². The van der Waals surface area contributed by atoms with E-state index < -0.39 is 0 Å². The van der Waals surface area contributed by atoms with Gasteiger partial charge in [-0.2, -0.15) is 0 Å². The molecule has 3 heteroatoms. The van der Waals surface area contributed by atoms with Crippen LogP contribution in [0.15, 0.2) is 18.2 Å². The first kappa shape index (κ1) is 11.4. The first-order valence-corrected chi connectivity index (χ1v) is 5.91. The highest BCUT2D eigenvalue weighted by Crippen LogP contribution is 2.30. The van der Waals surface area contributed by atoms with Crippen LogP contribution in [0, 0.1) is 11.7 Å². The molecule has 88 valence electrons. The molecule has 1 aromatic rings. The molecule has 2 nitrogen and oxygen atoms in total. The summed E-state index contributed by atoms with van der Waals surface area (Å²) in [7, 11) is 0. The predicted molar refractivity (Wildman–Crippen MR) is 62.0 cm³/mol. The van der Waals surface area contributed by atoms with Crippen molar-refractivity contribution in [3.05, 3.63) is 29.6 Å². The standard InChI is InChI=1S/C13H18FNO/c14-12-6-5-10(2-1-7-15)8-13(12)16-9-11-3-4-11/h5-6,8,11H,1-4,7,9,15H2. The second-order valence-corrected chi connectivity index (χ2v) is 4.41. The lowest BCUT2D eigenvalue weighted by molar-refractivity contribution is 0.285. The third-order valence-electron chi connectivity index (χ3n) is 2.84. The van der Waals surface area contributed by atoms with E-state index in [4.69, 9.17) is 10.5 Å². The van der Waals surface area contributed by atoms with E-state index in [-0.39, 0.29) is 5.82 Å². The van der Waals surface area contributed by atoms with Crippen molar-refractivity contribution in [3.8, 4) is 5.75 Å². The Labute approximate surface area is 95.6 Å². The van der Waals surface area contributed by atoms with E-state index in [2.05, 4.69) is 0 Å². The maximum Gasteiger partial charge on any atom is 0.165 e. The Morgan fingerprint density at radius 2 is 2.19 bits per heavy atom. The molecule has 0 amide bonds. The number of rotatable bonds is 6. The summed E-state index contributed by atoms with van der Waals surface area (Å²) in [4.78, 5) is 0. The number of hydrogen-bond acceptors (Lipinski definition) is 2. The molecule has 1 aromatic carbocycles. The first-order chi connectivity index (χ1) is 7.79. The highest BCUT2D eigenvalue weighted by molar-refractivity contribution is 5.30. The topological polar surface area (TPSA) is 35.2 Å². The third-order valence-corrected chi connectivity index (χ3v) is 2.84. The molecule has 2 rings (SSSR count). The zero-order valence-corrected chi connectivity index (χ0v) is 9.42. The Hall–Kier alpha value is -1.09. The summed E-state index contributed by atoms with van der Waals surface area (Å²) in [5.41, 5.74) is 6.54. The van der Waals surface area contributed by atoms with Gasteiger partial charge in [0.25, 0.3) is 0 Å². The molecule has 0 atom stereocenters. The Bertz CT molecular complexity index is 350. The number of hydrogen-bond donors (Lipinski definition) is 1. The van der Waals surface area contributed by atoms with Crippen LogP contribution < -0.4 is 10.5 Å². The molecule has 0 aromatic heterocycles. The molecule has 0 saturated heterocycles. The minimum Gasteiger partial charge on any atom is -0.490 e. The van der Waals surface area contributed by atoms with Gasteiger partial charge in [-0.05, 0) is 55.8 Å². The Morgan fingerprint density at radius 3 is 2.88 bits per heavy atom. The lowest BCUT2D eigenvalue weighted by Crippen LogP contribution is -2.03. The van der Waals surface area contributed by atoms with E-state index >= 15 is 0 Å². The summed E-state index contributed by atoms with van der Waals surface area (Å²) in [6.07, 6.45) is 4.24. The molecule has 0 unspecified atom stereocenters. The van der Waals surface area contributed by atoms with Gasteiger partial charge in [0.2, 0.25) is 0 Å². The third kappa shape index (κ3) is 3.20. The molecule has 1 aliphatic carbocycles. The van der Waals surface area contributed by atoms with Crippen LogP contribution in [0.1, 0.15) is 24.8 Å². The van der Waals surface area contributed by atoms with Crippen LogP contribution in [0.4, 0.5) is 4.39 Å². The SMILES string of the molecule is NCCCc1ccc(F)c(OCC2CC2)c1. The van der Waals surface area contributed by atoms with Gasteiger partial charge < -0.3 is 10.5 Å². The molecule has 1 fully saturated rings. The van der Waals surface area contributed by atoms with Crippen LogP contribution in [0.25, 0.3) is 0 Å². The minimum atomic E-state index is -0.267. The molecular weight excluding hydrogens is 205 g/mol. The van der Waals surface area contributed by atoms with Crippen LogP contribution in [0.5, 0.6) is 5.75 Å². The molecule has 1 aliphatic rings. The zero-order chi connectivity index (χ0) is 11.4. The summed E-state index contributed by atoms with van der Waals surface area (Å²) >= 11 is 0. The van der Waals surface area contributed by atoms with Gasteiger partial charge in [0.05, 0.1) is 6.61 Å². The molecular formula is C13H18FNO. The Kier molecular flexibility index (Phi) is 3.78. The van der Waals surface area contributed by atoms with Crippen molar-refractivity contribution in [2.24, 2.45) is 11.7 Å². The fraction of sp³-hybridized carbons (Fsp3) is 0.538. The van der Waals surface area contributed by atoms with E-state index in [1.807, 2.05) is 0 Å². The molecule has 0 heterocycles. The fourth-order valence-electron chi connectivity index (χ4n) is 1.61. The van der Waals surface area contributed by atoms with E-state index in [0.29, 0.717) is 24.8 Å². The van der Waals surface area contributed by atoms with Crippen LogP contribution >= 0.6 is 0 Å². The minimum absolute atomic E-state index is 0.267. The largest absolute Gasteiger partial charge is 0.490 e. The van der Waals surface area contributed by atoms with Crippen LogP contribution in [-0.4, -0.2) is 13.2 Å². The maximum absolute atomic E-state index is 13.4. The van der Waals surface area contributed by atoms with Crippen molar-refractivity contribution in [2.45, 2.75) is 25.7 Å². The maximum atomic E-state index is 13.4. The van der Waals surface area contributed by atoms with Gasteiger partial charge in [-0.25, -0.2) is 4.39 Å². The molecule has 0 spiro atoms. The van der Waals surface area contributed by atoms with Gasteiger partial charge in [0.1, 0.15) is 0 Å². The monoisotopic (exact) mass is 223 g/mol. The number of aryl methyl sites for hydroxylation is 1. The van der Waals surface area contributed by atoms with Gasteiger partial charge in [0.15, 0.2) is 11.6 Å². The molecule has 1 saturated carbocycles. The summed E-state index contributed by atoms with van der Waals surface area (Å²) in [5, 5.41) is 0. The van der Waals surface area contributed by atoms with Gasteiger partial charge in [-0.3, -0.25) is 0 Å². The molecule has 0 bridgehead atoms. The number of nitrogens with two attached hydrogens (primary N) is 1. The lowest BCUT2D eigenvalue weighted by Gasteiger charge is -2.08. The van der Waals surface area contributed by atoms with Crippen molar-refractivity contribution < 1.29 is 9.13 Å². The summed E-state index contributed by atoms with van der Waals surface area (Å²) in [6.45, 7) is 1.31. The van der Waals surface area contributed by atoms with Gasteiger partial charge >= 0.3 is 0 Å². The van der Waals surface area contributed by atoms with Crippen LogP contribution in [0.3, 0.4) is 0 Å². The molecule has 0 radical (unpaired) electrons. The van der Waals surface area contributed by atoms with E-state index in [0.717, 1.165) is 18.4 Å². The van der Waals surface area contributed by atoms with Gasteiger partial charge in [-0.1, -0.05) is 6.07 Å². The number of ether oxygens (including phenoxy) is 1. The number of halogens is 1. The van der Waals surface area contributed by atoms with E-state index in [1.165, 1.54) is 18.9 Å². The predicted octanol–water partition coefficient (Wildman–Crippen LogP) is 2.51.